The first-order chi connectivity index (χ1) is 20.0. The molecule has 41 heavy (non-hydrogen) atoms. The summed E-state index contributed by atoms with van der Waals surface area (Å²) >= 11 is 1.28. The van der Waals surface area contributed by atoms with Crippen molar-refractivity contribution >= 4 is 49.8 Å². The van der Waals surface area contributed by atoms with Gasteiger partial charge in [-0.1, -0.05) is 72.3 Å². The van der Waals surface area contributed by atoms with Crippen LogP contribution in [0, 0.1) is 6.92 Å². The van der Waals surface area contributed by atoms with E-state index in [0.29, 0.717) is 15.4 Å². The van der Waals surface area contributed by atoms with Gasteiger partial charge in [-0.15, -0.1) is 11.3 Å². The number of thiophene rings is 1. The van der Waals surface area contributed by atoms with Crippen LogP contribution in [0.25, 0.3) is 43.4 Å². The summed E-state index contributed by atoms with van der Waals surface area (Å²) in [5.74, 6) is -0.0883. The van der Waals surface area contributed by atoms with Gasteiger partial charge >= 0.3 is 5.88 Å². The first kappa shape index (κ1) is 25.2. The van der Waals surface area contributed by atoms with Gasteiger partial charge in [0.1, 0.15) is 9.71 Å². The average molecular weight is 562 g/mol. The van der Waals surface area contributed by atoms with Crippen molar-refractivity contribution in [3.05, 3.63) is 89.4 Å². The van der Waals surface area contributed by atoms with E-state index in [-0.39, 0.29) is 11.8 Å². The van der Waals surface area contributed by atoms with Crippen LogP contribution in [0.3, 0.4) is 0 Å². The number of pyridine rings is 1. The molecule has 1 aliphatic rings. The Kier molecular flexibility index (Phi) is 6.36. The number of hydrogen-bond donors (Lipinski definition) is 2. The number of nitrogens with one attached hydrogen (secondary N) is 1. The number of hydrogen-bond acceptors (Lipinski definition) is 7. The van der Waals surface area contributed by atoms with E-state index in [1.165, 1.54) is 23.3 Å². The monoisotopic (exact) mass is 561 g/mol. The number of carbonyl (C=O) groups is 1. The Morgan fingerprint density at radius 3 is 2.61 bits per heavy atom. The molecule has 0 unspecified atom stereocenters. The third-order valence-corrected chi connectivity index (χ3v) is 8.75. The van der Waals surface area contributed by atoms with Gasteiger partial charge in [0.05, 0.1) is 29.3 Å². The molecule has 0 radical (unpaired) electrons. The zero-order valence-electron chi connectivity index (χ0n) is 22.6. The maximum absolute atomic E-state index is 13.5. The van der Waals surface area contributed by atoms with E-state index >= 15 is 0 Å². The molecule has 0 bridgehead atoms. The summed E-state index contributed by atoms with van der Waals surface area (Å²) in [5.41, 5.74) is 12.1. The van der Waals surface area contributed by atoms with Gasteiger partial charge in [-0.25, -0.2) is 4.98 Å². The molecular formula is C32H29N6O2S+. The molecule has 0 saturated carbocycles. The number of piperidine rings is 1. The lowest BCUT2D eigenvalue weighted by molar-refractivity contribution is -0.759. The van der Waals surface area contributed by atoms with Crippen molar-refractivity contribution in [1.82, 2.24) is 10.3 Å². The standard InChI is InChI=1S/C32H28N6O2S/c1-20-12-14-22(15-13-20)25-18-26(24-11-7-9-21-8-3-4-10-23(21)24)34-32-28(25)29(33)30(41-32)31(39)35-27-19-38(36-40-27)37-16-5-2-6-17-37/h3-4,7-15,18-19H,2,5-6,16-17H2,1H3,(H2-,33,35,36,39)/p+1. The summed E-state index contributed by atoms with van der Waals surface area (Å²) < 4.78 is 5.43. The fourth-order valence-electron chi connectivity index (χ4n) is 5.51. The van der Waals surface area contributed by atoms with Crippen molar-refractivity contribution in [1.29, 1.82) is 0 Å². The van der Waals surface area contributed by atoms with Crippen molar-refractivity contribution in [2.24, 2.45) is 0 Å². The second kappa shape index (κ2) is 10.3. The van der Waals surface area contributed by atoms with Gasteiger partial charge in [0.15, 0.2) is 0 Å². The number of rotatable bonds is 5. The molecule has 3 aromatic heterocycles. The highest BCUT2D eigenvalue weighted by Gasteiger charge is 2.26. The molecule has 0 spiro atoms. The smallest absolute Gasteiger partial charge is 0.306 e. The summed E-state index contributed by atoms with van der Waals surface area (Å²) in [6.07, 6.45) is 5.12. The first-order valence-electron chi connectivity index (χ1n) is 13.8. The molecule has 0 aliphatic carbocycles. The van der Waals surface area contributed by atoms with Crippen LogP contribution in [0.5, 0.6) is 0 Å². The van der Waals surface area contributed by atoms with Crippen LogP contribution in [0.4, 0.5) is 11.6 Å². The van der Waals surface area contributed by atoms with Crippen LogP contribution >= 0.6 is 11.3 Å². The minimum absolute atomic E-state index is 0.264. The van der Waals surface area contributed by atoms with Gasteiger partial charge < -0.3 is 5.73 Å². The number of aromatic nitrogens is 3. The second-order valence-electron chi connectivity index (χ2n) is 10.4. The van der Waals surface area contributed by atoms with Crippen LogP contribution in [0.15, 0.2) is 83.5 Å². The molecular weight excluding hydrogens is 532 g/mol. The zero-order valence-corrected chi connectivity index (χ0v) is 23.4. The van der Waals surface area contributed by atoms with E-state index < -0.39 is 0 Å². The van der Waals surface area contributed by atoms with Gasteiger partial charge in [0.2, 0.25) is 5.27 Å². The first-order valence-corrected chi connectivity index (χ1v) is 14.6. The Hall–Kier alpha value is -4.76. The maximum atomic E-state index is 13.5. The number of anilines is 2. The lowest BCUT2D eigenvalue weighted by Gasteiger charge is -2.17. The van der Waals surface area contributed by atoms with E-state index in [9.17, 15) is 4.79 Å². The molecule has 8 nitrogen and oxygen atoms in total. The third kappa shape index (κ3) is 4.68. The average Bonchev–Trinajstić information content (AvgIpc) is 3.61. The predicted octanol–water partition coefficient (Wildman–Crippen LogP) is 6.32. The van der Waals surface area contributed by atoms with Gasteiger partial charge in [-0.2, -0.15) is 5.01 Å². The molecule has 0 atom stereocenters. The topological polar surface area (TPSA) is 101 Å². The quantitative estimate of drug-likeness (QED) is 0.239. The molecule has 1 saturated heterocycles. The fraction of sp³-hybridized carbons (Fsp3) is 0.188. The summed E-state index contributed by atoms with van der Waals surface area (Å²) in [5, 5.41) is 12.1. The van der Waals surface area contributed by atoms with Crippen molar-refractivity contribution in [2.45, 2.75) is 26.2 Å². The number of aryl methyl sites for hydroxylation is 1. The minimum atomic E-state index is -0.353. The highest BCUT2D eigenvalue weighted by Crippen LogP contribution is 2.42. The molecule has 4 heterocycles. The summed E-state index contributed by atoms with van der Waals surface area (Å²) in [4.78, 5) is 21.3. The van der Waals surface area contributed by atoms with Crippen molar-refractivity contribution < 1.29 is 14.1 Å². The lowest BCUT2D eigenvalue weighted by Crippen LogP contribution is -2.60. The van der Waals surface area contributed by atoms with Crippen LogP contribution in [0.2, 0.25) is 0 Å². The maximum Gasteiger partial charge on any atom is 0.306 e. The minimum Gasteiger partial charge on any atom is -0.397 e. The van der Waals surface area contributed by atoms with Crippen LogP contribution in [-0.2, 0) is 0 Å². The SMILES string of the molecule is Cc1ccc(-c2cc(-c3cccc4ccccc34)nc3sc(C(=O)Nc4c[n+](N5CCCCC5)no4)c(N)c23)cc1. The zero-order chi connectivity index (χ0) is 27.9. The Morgan fingerprint density at radius 2 is 1.78 bits per heavy atom. The number of fused-ring (bicyclic) bond motifs is 2. The number of nitrogens with zero attached hydrogens (tertiary/aromatic N) is 4. The number of nitrogen functional groups attached to an aromatic ring is 1. The van der Waals surface area contributed by atoms with Gasteiger partial charge in [-0.05, 0) is 54.2 Å². The molecule has 1 amide bonds. The largest absolute Gasteiger partial charge is 0.397 e. The Morgan fingerprint density at radius 1 is 1.00 bits per heavy atom. The second-order valence-corrected chi connectivity index (χ2v) is 11.4. The van der Waals surface area contributed by atoms with Gasteiger partial charge in [0.25, 0.3) is 12.1 Å². The van der Waals surface area contributed by atoms with Gasteiger partial charge in [0, 0.05) is 10.9 Å². The van der Waals surface area contributed by atoms with Crippen LogP contribution in [-0.4, -0.2) is 29.3 Å². The number of nitrogens with two attached hydrogens (primary N) is 1. The summed E-state index contributed by atoms with van der Waals surface area (Å²) in [6.45, 7) is 3.87. The van der Waals surface area contributed by atoms with Gasteiger partial charge in [-0.3, -0.25) is 14.6 Å². The molecule has 3 N–H and O–H groups in total. The number of amides is 1. The molecule has 204 valence electrons. The van der Waals surface area contributed by atoms with Crippen LogP contribution in [0.1, 0.15) is 34.5 Å². The van der Waals surface area contributed by atoms with E-state index in [1.54, 1.807) is 11.0 Å². The normalized spacial score (nSPS) is 13.6. The van der Waals surface area contributed by atoms with E-state index in [2.05, 4.69) is 77.1 Å². The van der Waals surface area contributed by atoms with E-state index in [4.69, 9.17) is 15.2 Å². The number of carbonyl (C=O) groups excluding carboxylic acids is 1. The molecule has 6 aromatic rings. The third-order valence-electron chi connectivity index (χ3n) is 7.65. The summed E-state index contributed by atoms with van der Waals surface area (Å²) in [7, 11) is 0. The van der Waals surface area contributed by atoms with Crippen molar-refractivity contribution in [2.75, 3.05) is 29.1 Å². The van der Waals surface area contributed by atoms with Crippen molar-refractivity contribution in [3.8, 4) is 22.4 Å². The Labute approximate surface area is 241 Å². The molecule has 9 heteroatoms. The predicted molar refractivity (Wildman–Crippen MR) is 164 cm³/mol. The molecule has 7 rings (SSSR count). The van der Waals surface area contributed by atoms with Crippen LogP contribution < -0.4 is 20.9 Å². The highest BCUT2D eigenvalue weighted by atomic mass is 32.1. The van der Waals surface area contributed by atoms with E-state index in [1.807, 2.05) is 18.2 Å². The number of benzene rings is 3. The fourth-order valence-corrected chi connectivity index (χ4v) is 6.53. The summed E-state index contributed by atoms with van der Waals surface area (Å²) in [6, 6.07) is 24.9. The Bertz CT molecular complexity index is 1900. The highest BCUT2D eigenvalue weighted by molar-refractivity contribution is 7.21. The van der Waals surface area contributed by atoms with E-state index in [0.717, 1.165) is 64.5 Å². The Balaban J connectivity index is 1.32. The molecule has 1 aliphatic heterocycles. The van der Waals surface area contributed by atoms with Crippen molar-refractivity contribution in [3.63, 3.8) is 0 Å². The molecule has 1 fully saturated rings. The lowest BCUT2D eigenvalue weighted by atomic mass is 9.96. The molecule has 3 aromatic carbocycles.